The van der Waals surface area contributed by atoms with Crippen LogP contribution in [0.4, 0.5) is 5.69 Å². The molecule has 0 N–H and O–H groups in total. The number of pyridine rings is 1. The third-order valence-corrected chi connectivity index (χ3v) is 6.04. The van der Waals surface area contributed by atoms with E-state index < -0.39 is 0 Å². The van der Waals surface area contributed by atoms with Crippen LogP contribution < -0.4 is 15.1 Å². The molecule has 0 saturated heterocycles. The number of benzene rings is 4. The number of anilines is 1. The number of amides is 1. The fourth-order valence-electron chi connectivity index (χ4n) is 4.32. The van der Waals surface area contributed by atoms with Gasteiger partial charge in [0.25, 0.3) is 0 Å². The van der Waals surface area contributed by atoms with Crippen molar-refractivity contribution >= 4 is 33.4 Å². The minimum absolute atomic E-state index is 0.0220. The van der Waals surface area contributed by atoms with Gasteiger partial charge < -0.3 is 14.2 Å². The van der Waals surface area contributed by atoms with Gasteiger partial charge in [-0.3, -0.25) is 9.59 Å². The predicted molar refractivity (Wildman–Crippen MR) is 136 cm³/mol. The van der Waals surface area contributed by atoms with Gasteiger partial charge in [0.2, 0.25) is 5.91 Å². The second kappa shape index (κ2) is 9.24. The first-order valence-corrected chi connectivity index (χ1v) is 11.1. The molecule has 5 heteroatoms. The van der Waals surface area contributed by atoms with E-state index in [1.807, 2.05) is 108 Å². The summed E-state index contributed by atoms with van der Waals surface area (Å²) in [6.07, 6.45) is 0. The molecule has 0 unspecified atom stereocenters. The van der Waals surface area contributed by atoms with Crippen LogP contribution in [0.25, 0.3) is 21.8 Å². The Labute approximate surface area is 197 Å². The van der Waals surface area contributed by atoms with Crippen molar-refractivity contribution in [3.63, 3.8) is 0 Å². The number of rotatable bonds is 6. The van der Waals surface area contributed by atoms with Crippen LogP contribution in [-0.4, -0.2) is 17.6 Å². The largest absolute Gasteiger partial charge is 0.497 e. The van der Waals surface area contributed by atoms with Gasteiger partial charge in [-0.05, 0) is 54.1 Å². The molecule has 0 atom stereocenters. The van der Waals surface area contributed by atoms with E-state index in [-0.39, 0.29) is 17.9 Å². The summed E-state index contributed by atoms with van der Waals surface area (Å²) < 4.78 is 7.23. The molecular formula is C29H24N2O3. The van der Waals surface area contributed by atoms with E-state index in [4.69, 9.17) is 4.74 Å². The van der Waals surface area contributed by atoms with Crippen molar-refractivity contribution in [2.75, 3.05) is 12.0 Å². The SMILES string of the molecule is COc1ccc(N(Cc2ccccc2)C(=O)Cn2c3ccccc3c(=O)c3ccccc32)cc1. The van der Waals surface area contributed by atoms with Crippen LogP contribution in [0.15, 0.2) is 108 Å². The number of carbonyl (C=O) groups is 1. The van der Waals surface area contributed by atoms with E-state index in [2.05, 4.69) is 0 Å². The molecular weight excluding hydrogens is 424 g/mol. The van der Waals surface area contributed by atoms with Crippen LogP contribution in [-0.2, 0) is 17.9 Å². The van der Waals surface area contributed by atoms with E-state index in [9.17, 15) is 9.59 Å². The molecule has 0 radical (unpaired) electrons. The minimum atomic E-state index is -0.0759. The van der Waals surface area contributed by atoms with Crippen LogP contribution in [0.5, 0.6) is 5.75 Å². The zero-order chi connectivity index (χ0) is 23.5. The molecule has 1 aromatic heterocycles. The van der Waals surface area contributed by atoms with Crippen molar-refractivity contribution in [2.24, 2.45) is 0 Å². The Morgan fingerprint density at radius 3 is 1.91 bits per heavy atom. The van der Waals surface area contributed by atoms with Crippen molar-refractivity contribution in [3.05, 3.63) is 119 Å². The first-order chi connectivity index (χ1) is 16.7. The van der Waals surface area contributed by atoms with Crippen molar-refractivity contribution in [1.29, 1.82) is 0 Å². The molecule has 0 aliphatic heterocycles. The molecule has 0 spiro atoms. The maximum absolute atomic E-state index is 13.8. The van der Waals surface area contributed by atoms with Gasteiger partial charge in [-0.1, -0.05) is 54.6 Å². The summed E-state index contributed by atoms with van der Waals surface area (Å²) in [6, 6.07) is 32.3. The second-order valence-corrected chi connectivity index (χ2v) is 8.11. The number of aromatic nitrogens is 1. The number of nitrogens with zero attached hydrogens (tertiary/aromatic N) is 2. The van der Waals surface area contributed by atoms with E-state index in [0.29, 0.717) is 17.3 Å². The Morgan fingerprint density at radius 2 is 1.32 bits per heavy atom. The van der Waals surface area contributed by atoms with Crippen LogP contribution in [0.2, 0.25) is 0 Å². The molecule has 4 aromatic carbocycles. The average Bonchev–Trinajstić information content (AvgIpc) is 2.90. The van der Waals surface area contributed by atoms with Gasteiger partial charge in [0.15, 0.2) is 5.43 Å². The predicted octanol–water partition coefficient (Wildman–Crippen LogP) is 5.40. The number of hydrogen-bond acceptors (Lipinski definition) is 3. The molecule has 1 heterocycles. The molecule has 168 valence electrons. The molecule has 0 bridgehead atoms. The van der Waals surface area contributed by atoms with Gasteiger partial charge in [-0.2, -0.15) is 0 Å². The quantitative estimate of drug-likeness (QED) is 0.327. The minimum Gasteiger partial charge on any atom is -0.497 e. The van der Waals surface area contributed by atoms with Crippen molar-refractivity contribution in [3.8, 4) is 5.75 Å². The standard InChI is InChI=1S/C29H24N2O3/c1-34-23-17-15-22(16-18-23)30(19-21-9-3-2-4-10-21)28(32)20-31-26-13-7-5-11-24(26)29(33)25-12-6-8-14-27(25)31/h2-18H,19-20H2,1H3. The Hall–Kier alpha value is -4.38. The summed E-state index contributed by atoms with van der Waals surface area (Å²) in [6.45, 7) is 0.530. The Morgan fingerprint density at radius 1 is 0.765 bits per heavy atom. The fourth-order valence-corrected chi connectivity index (χ4v) is 4.32. The number of methoxy groups -OCH3 is 1. The lowest BCUT2D eigenvalue weighted by molar-refractivity contribution is -0.119. The summed E-state index contributed by atoms with van der Waals surface area (Å²) in [5.41, 5.74) is 3.28. The highest BCUT2D eigenvalue weighted by molar-refractivity contribution is 5.98. The lowest BCUT2D eigenvalue weighted by atomic mass is 10.1. The van der Waals surface area contributed by atoms with Gasteiger partial charge in [0.1, 0.15) is 12.3 Å². The highest BCUT2D eigenvalue weighted by Gasteiger charge is 2.19. The average molecular weight is 449 g/mol. The maximum atomic E-state index is 13.8. The van der Waals surface area contributed by atoms with Crippen LogP contribution in [0.1, 0.15) is 5.56 Å². The zero-order valence-electron chi connectivity index (χ0n) is 18.8. The molecule has 1 amide bonds. The third-order valence-electron chi connectivity index (χ3n) is 6.04. The van der Waals surface area contributed by atoms with Crippen LogP contribution in [0.3, 0.4) is 0 Å². The lowest BCUT2D eigenvalue weighted by Gasteiger charge is -2.25. The Balaban J connectivity index is 1.60. The highest BCUT2D eigenvalue weighted by Crippen LogP contribution is 2.24. The summed E-state index contributed by atoms with van der Waals surface area (Å²) >= 11 is 0. The molecule has 0 aliphatic rings. The smallest absolute Gasteiger partial charge is 0.247 e. The summed E-state index contributed by atoms with van der Waals surface area (Å²) in [5, 5.41) is 1.21. The number of para-hydroxylation sites is 2. The van der Waals surface area contributed by atoms with Gasteiger partial charge >= 0.3 is 0 Å². The first-order valence-electron chi connectivity index (χ1n) is 11.1. The zero-order valence-corrected chi connectivity index (χ0v) is 18.8. The molecule has 5 nitrogen and oxygen atoms in total. The van der Waals surface area contributed by atoms with Gasteiger partial charge in [0.05, 0.1) is 24.7 Å². The number of fused-ring (bicyclic) bond motifs is 2. The fraction of sp³-hybridized carbons (Fsp3) is 0.103. The second-order valence-electron chi connectivity index (χ2n) is 8.11. The number of hydrogen-bond donors (Lipinski definition) is 0. The van der Waals surface area contributed by atoms with Gasteiger partial charge in [-0.15, -0.1) is 0 Å². The number of carbonyl (C=O) groups excluding carboxylic acids is 1. The molecule has 34 heavy (non-hydrogen) atoms. The van der Waals surface area contributed by atoms with Crippen LogP contribution >= 0.6 is 0 Å². The Kier molecular flexibility index (Phi) is 5.83. The molecule has 0 aliphatic carbocycles. The highest BCUT2D eigenvalue weighted by atomic mass is 16.5. The van der Waals surface area contributed by atoms with Gasteiger partial charge in [0, 0.05) is 16.5 Å². The third kappa shape index (κ3) is 4.04. The normalized spacial score (nSPS) is 11.0. The first kappa shape index (κ1) is 21.5. The molecule has 5 rings (SSSR count). The van der Waals surface area contributed by atoms with E-state index in [1.54, 1.807) is 12.0 Å². The lowest BCUT2D eigenvalue weighted by Crippen LogP contribution is -2.34. The van der Waals surface area contributed by atoms with E-state index in [0.717, 1.165) is 28.0 Å². The maximum Gasteiger partial charge on any atom is 0.247 e. The van der Waals surface area contributed by atoms with Crippen molar-refractivity contribution in [1.82, 2.24) is 4.57 Å². The molecule has 5 aromatic rings. The topological polar surface area (TPSA) is 51.5 Å². The Bertz CT molecular complexity index is 1460. The molecule has 0 saturated carbocycles. The summed E-state index contributed by atoms with van der Waals surface area (Å²) in [7, 11) is 1.62. The van der Waals surface area contributed by atoms with Crippen LogP contribution in [0, 0.1) is 0 Å². The monoisotopic (exact) mass is 448 g/mol. The molecule has 0 fully saturated rings. The summed E-state index contributed by atoms with van der Waals surface area (Å²) in [5.74, 6) is 0.654. The van der Waals surface area contributed by atoms with E-state index >= 15 is 0 Å². The van der Waals surface area contributed by atoms with Gasteiger partial charge in [-0.25, -0.2) is 0 Å². The van der Waals surface area contributed by atoms with Crippen molar-refractivity contribution in [2.45, 2.75) is 13.1 Å². The summed E-state index contributed by atoms with van der Waals surface area (Å²) in [4.78, 5) is 28.7. The van der Waals surface area contributed by atoms with E-state index in [1.165, 1.54) is 0 Å². The number of ether oxygens (including phenoxy) is 1. The van der Waals surface area contributed by atoms with Crippen molar-refractivity contribution < 1.29 is 9.53 Å².